The number of nitrogens with one attached hydrogen (secondary N) is 2. The second-order valence-corrected chi connectivity index (χ2v) is 9.16. The van der Waals surface area contributed by atoms with E-state index in [-0.39, 0.29) is 5.91 Å². The van der Waals surface area contributed by atoms with E-state index >= 15 is 0 Å². The predicted octanol–water partition coefficient (Wildman–Crippen LogP) is 5.68. The Morgan fingerprint density at radius 2 is 1.82 bits per heavy atom. The number of rotatable bonds is 8. The van der Waals surface area contributed by atoms with Crippen molar-refractivity contribution in [2.45, 2.75) is 19.4 Å². The first kappa shape index (κ1) is 23.5. The minimum Gasteiger partial charge on any atom is -0.493 e. The number of aryl methyl sites for hydroxylation is 2. The van der Waals surface area contributed by atoms with Crippen molar-refractivity contribution in [2.24, 2.45) is 5.10 Å². The van der Waals surface area contributed by atoms with Gasteiger partial charge in [0.05, 0.1) is 19.0 Å². The van der Waals surface area contributed by atoms with Crippen LogP contribution in [0, 0.1) is 0 Å². The second-order valence-electron chi connectivity index (χ2n) is 9.16. The van der Waals surface area contributed by atoms with E-state index < -0.39 is 0 Å². The molecule has 4 aromatic carbocycles. The highest BCUT2D eigenvalue weighted by Gasteiger charge is 2.18. The smallest absolute Gasteiger partial charge is 0.289 e. The average molecular weight is 503 g/mol. The van der Waals surface area contributed by atoms with Crippen molar-refractivity contribution in [3.8, 4) is 22.8 Å². The lowest BCUT2D eigenvalue weighted by atomic mass is 9.98. The summed E-state index contributed by atoms with van der Waals surface area (Å²) in [4.78, 5) is 12.7. The van der Waals surface area contributed by atoms with E-state index in [0.717, 1.165) is 35.2 Å². The van der Waals surface area contributed by atoms with Crippen molar-refractivity contribution in [1.82, 2.24) is 15.6 Å². The molecular weight excluding hydrogens is 476 g/mol. The van der Waals surface area contributed by atoms with Gasteiger partial charge in [-0.25, -0.2) is 5.43 Å². The fraction of sp³-hybridized carbons (Fsp3) is 0.129. The molecule has 1 heterocycles. The lowest BCUT2D eigenvalue weighted by molar-refractivity contribution is 0.0950. The molecule has 0 spiro atoms. The van der Waals surface area contributed by atoms with Gasteiger partial charge in [0.1, 0.15) is 12.3 Å². The molecule has 6 rings (SSSR count). The van der Waals surface area contributed by atoms with Crippen molar-refractivity contribution < 1.29 is 14.3 Å². The third kappa shape index (κ3) is 4.62. The van der Waals surface area contributed by atoms with Crippen molar-refractivity contribution >= 4 is 22.9 Å². The Morgan fingerprint density at radius 1 is 0.974 bits per heavy atom. The summed E-state index contributed by atoms with van der Waals surface area (Å²) in [5, 5.41) is 13.9. The minimum absolute atomic E-state index is 0.335. The summed E-state index contributed by atoms with van der Waals surface area (Å²) in [5.74, 6) is 0.838. The summed E-state index contributed by atoms with van der Waals surface area (Å²) in [6, 6.07) is 27.8. The quantitative estimate of drug-likeness (QED) is 0.211. The second kappa shape index (κ2) is 10.2. The standard InChI is InChI=1S/C31H26N4O3/c1-37-28-15-10-21(16-29(28)38-19-20-6-3-2-4-7-20)18-32-35-31(36)27-17-26(33-34-27)24-14-13-23-12-11-22-8-5-9-25(24)30(22)23/h2-10,13-18H,11-12,19H2,1H3,(H,33,34)(H,35,36). The Hall–Kier alpha value is -4.91. The van der Waals surface area contributed by atoms with E-state index in [1.807, 2.05) is 48.5 Å². The van der Waals surface area contributed by atoms with Crippen molar-refractivity contribution in [3.63, 3.8) is 0 Å². The molecule has 0 bridgehead atoms. The summed E-state index contributed by atoms with van der Waals surface area (Å²) >= 11 is 0. The number of methoxy groups -OCH3 is 1. The summed E-state index contributed by atoms with van der Waals surface area (Å²) < 4.78 is 11.4. The zero-order chi connectivity index (χ0) is 25.9. The number of hydrazone groups is 1. The lowest BCUT2D eigenvalue weighted by Crippen LogP contribution is -2.18. The van der Waals surface area contributed by atoms with E-state index in [1.165, 1.54) is 21.9 Å². The molecule has 1 aliphatic rings. The van der Waals surface area contributed by atoms with Crippen LogP contribution in [-0.4, -0.2) is 29.4 Å². The van der Waals surface area contributed by atoms with Gasteiger partial charge in [0, 0.05) is 5.56 Å². The van der Waals surface area contributed by atoms with E-state index in [0.29, 0.717) is 23.8 Å². The largest absolute Gasteiger partial charge is 0.493 e. The number of amides is 1. The third-order valence-electron chi connectivity index (χ3n) is 6.78. The third-order valence-corrected chi connectivity index (χ3v) is 6.78. The minimum atomic E-state index is -0.375. The van der Waals surface area contributed by atoms with Gasteiger partial charge in [-0.05, 0) is 70.1 Å². The van der Waals surface area contributed by atoms with E-state index in [4.69, 9.17) is 9.47 Å². The maximum Gasteiger partial charge on any atom is 0.289 e. The molecule has 0 saturated carbocycles. The number of carbonyl (C=O) groups excluding carboxylic acids is 1. The number of ether oxygens (including phenoxy) is 2. The Morgan fingerprint density at radius 3 is 2.66 bits per heavy atom. The number of benzene rings is 4. The molecule has 0 unspecified atom stereocenters. The fourth-order valence-electron chi connectivity index (χ4n) is 4.89. The molecule has 1 aromatic heterocycles. The van der Waals surface area contributed by atoms with E-state index in [2.05, 4.69) is 51.1 Å². The molecule has 0 radical (unpaired) electrons. The number of hydrogen-bond acceptors (Lipinski definition) is 5. The van der Waals surface area contributed by atoms with Crippen LogP contribution in [0.4, 0.5) is 0 Å². The van der Waals surface area contributed by atoms with Crippen LogP contribution in [0.1, 0.15) is 32.7 Å². The monoisotopic (exact) mass is 502 g/mol. The molecule has 0 saturated heterocycles. The van der Waals surface area contributed by atoms with Crippen LogP contribution in [0.5, 0.6) is 11.5 Å². The highest BCUT2D eigenvalue weighted by molar-refractivity contribution is 6.02. The first-order valence-electron chi connectivity index (χ1n) is 12.5. The number of aromatic amines is 1. The Bertz CT molecular complexity index is 1650. The topological polar surface area (TPSA) is 88.6 Å². The molecule has 1 aliphatic carbocycles. The van der Waals surface area contributed by atoms with Gasteiger partial charge >= 0.3 is 0 Å². The number of hydrogen-bond donors (Lipinski definition) is 2. The normalized spacial score (nSPS) is 12.2. The predicted molar refractivity (Wildman–Crippen MR) is 148 cm³/mol. The van der Waals surface area contributed by atoms with Gasteiger partial charge in [0.2, 0.25) is 0 Å². The molecule has 7 nitrogen and oxygen atoms in total. The van der Waals surface area contributed by atoms with E-state index in [9.17, 15) is 4.79 Å². The molecule has 1 amide bonds. The zero-order valence-corrected chi connectivity index (χ0v) is 20.9. The maximum absolute atomic E-state index is 12.7. The van der Waals surface area contributed by atoms with Crippen LogP contribution in [0.3, 0.4) is 0 Å². The summed E-state index contributed by atoms with van der Waals surface area (Å²) in [7, 11) is 1.60. The Kier molecular flexibility index (Phi) is 6.32. The Balaban J connectivity index is 1.15. The molecule has 38 heavy (non-hydrogen) atoms. The zero-order valence-electron chi connectivity index (χ0n) is 20.9. The molecule has 0 atom stereocenters. The van der Waals surface area contributed by atoms with Gasteiger partial charge in [0.25, 0.3) is 5.91 Å². The van der Waals surface area contributed by atoms with Gasteiger partial charge in [-0.1, -0.05) is 60.7 Å². The number of H-pyrrole nitrogens is 1. The first-order chi connectivity index (χ1) is 18.7. The highest BCUT2D eigenvalue weighted by Crippen LogP contribution is 2.36. The first-order valence-corrected chi connectivity index (χ1v) is 12.5. The van der Waals surface area contributed by atoms with Gasteiger partial charge in [-0.15, -0.1) is 0 Å². The molecule has 0 aliphatic heterocycles. The molecule has 2 N–H and O–H groups in total. The SMILES string of the molecule is COc1ccc(C=NNC(=O)c2cc(-c3ccc4c5c(cccc35)CC4)n[nH]2)cc1OCc1ccccc1. The molecule has 5 aromatic rings. The Labute approximate surface area is 220 Å². The van der Waals surface area contributed by atoms with Gasteiger partial charge in [-0.2, -0.15) is 10.2 Å². The lowest BCUT2D eigenvalue weighted by Gasteiger charge is -2.11. The number of carbonyl (C=O) groups is 1. The van der Waals surface area contributed by atoms with Crippen molar-refractivity contribution in [1.29, 1.82) is 0 Å². The van der Waals surface area contributed by atoms with Crippen molar-refractivity contribution in [2.75, 3.05) is 7.11 Å². The van der Waals surface area contributed by atoms with Crippen LogP contribution in [0.25, 0.3) is 22.0 Å². The fourth-order valence-corrected chi connectivity index (χ4v) is 4.89. The average Bonchev–Trinajstić information content (AvgIpc) is 3.62. The van der Waals surface area contributed by atoms with Crippen LogP contribution in [0.15, 0.2) is 90.0 Å². The number of nitrogens with zero attached hydrogens (tertiary/aromatic N) is 2. The van der Waals surface area contributed by atoms with Crippen LogP contribution in [0.2, 0.25) is 0 Å². The van der Waals surface area contributed by atoms with Gasteiger partial charge in [0.15, 0.2) is 11.5 Å². The van der Waals surface area contributed by atoms with Gasteiger partial charge < -0.3 is 9.47 Å². The number of aromatic nitrogens is 2. The molecular formula is C31H26N4O3. The molecule has 0 fully saturated rings. The van der Waals surface area contributed by atoms with Gasteiger partial charge in [-0.3, -0.25) is 9.89 Å². The maximum atomic E-state index is 12.7. The summed E-state index contributed by atoms with van der Waals surface area (Å²) in [6.45, 7) is 0.413. The van der Waals surface area contributed by atoms with E-state index in [1.54, 1.807) is 19.4 Å². The molecule has 188 valence electrons. The van der Waals surface area contributed by atoms with Crippen LogP contribution >= 0.6 is 0 Å². The van der Waals surface area contributed by atoms with Crippen LogP contribution in [-0.2, 0) is 19.4 Å². The molecule has 7 heteroatoms. The van der Waals surface area contributed by atoms with Crippen LogP contribution < -0.4 is 14.9 Å². The summed E-state index contributed by atoms with van der Waals surface area (Å²) in [5.41, 5.74) is 9.19. The summed E-state index contributed by atoms with van der Waals surface area (Å²) in [6.07, 6.45) is 3.70. The highest BCUT2D eigenvalue weighted by atomic mass is 16.5. The van der Waals surface area contributed by atoms with Crippen molar-refractivity contribution in [3.05, 3.63) is 113 Å².